The molecule has 0 fully saturated rings. The molecule has 0 aliphatic carbocycles. The molecule has 2 rings (SSSR count). The first-order valence-corrected chi connectivity index (χ1v) is 9.28. The van der Waals surface area contributed by atoms with Crippen molar-refractivity contribution >= 4 is 23.2 Å². The Hall–Kier alpha value is -2.88. The third-order valence-electron chi connectivity index (χ3n) is 5.12. The monoisotopic (exact) mass is 364 g/mol. The van der Waals surface area contributed by atoms with Crippen LogP contribution in [0.25, 0.3) is 11.1 Å². The maximum atomic E-state index is 12.5. The van der Waals surface area contributed by atoms with Gasteiger partial charge in [-0.15, -0.1) is 0 Å². The molecule has 0 aromatic heterocycles. The van der Waals surface area contributed by atoms with Crippen molar-refractivity contribution in [3.63, 3.8) is 0 Å². The number of amides is 2. The van der Waals surface area contributed by atoms with Crippen molar-refractivity contribution in [2.75, 3.05) is 10.6 Å². The summed E-state index contributed by atoms with van der Waals surface area (Å²) in [5, 5.41) is 5.80. The molecule has 0 aliphatic heterocycles. The first kappa shape index (κ1) is 20.4. The third-order valence-corrected chi connectivity index (χ3v) is 5.12. The summed E-state index contributed by atoms with van der Waals surface area (Å²) in [4.78, 5) is 24.1. The van der Waals surface area contributed by atoms with Crippen LogP contribution in [-0.4, -0.2) is 11.8 Å². The summed E-state index contributed by atoms with van der Waals surface area (Å²) in [5.74, 6) is -0.133. The van der Waals surface area contributed by atoms with Gasteiger partial charge in [0.05, 0.1) is 0 Å². The van der Waals surface area contributed by atoms with Crippen LogP contribution in [0.5, 0.6) is 0 Å². The summed E-state index contributed by atoms with van der Waals surface area (Å²) in [5.41, 5.74) is 3.73. The number of rotatable bonds is 7. The first-order valence-electron chi connectivity index (χ1n) is 9.28. The van der Waals surface area contributed by atoms with Crippen LogP contribution < -0.4 is 10.6 Å². The van der Waals surface area contributed by atoms with E-state index in [1.54, 1.807) is 6.92 Å². The zero-order valence-electron chi connectivity index (χ0n) is 16.6. The van der Waals surface area contributed by atoms with Gasteiger partial charge in [-0.2, -0.15) is 0 Å². The second-order valence-electron chi connectivity index (χ2n) is 7.11. The summed E-state index contributed by atoms with van der Waals surface area (Å²) in [6.45, 7) is 11.4. The molecule has 142 valence electrons. The van der Waals surface area contributed by atoms with E-state index < -0.39 is 0 Å². The average molecular weight is 364 g/mol. The molecule has 0 aliphatic rings. The summed E-state index contributed by atoms with van der Waals surface area (Å²) < 4.78 is 0. The quantitative estimate of drug-likeness (QED) is 0.625. The van der Waals surface area contributed by atoms with Crippen molar-refractivity contribution in [2.24, 2.45) is 5.41 Å². The van der Waals surface area contributed by atoms with Crippen molar-refractivity contribution in [1.29, 1.82) is 0 Å². The molecule has 2 aromatic rings. The zero-order valence-corrected chi connectivity index (χ0v) is 16.6. The molecule has 0 heterocycles. The molecule has 2 aromatic carbocycles. The van der Waals surface area contributed by atoms with Gasteiger partial charge >= 0.3 is 0 Å². The van der Waals surface area contributed by atoms with E-state index in [9.17, 15) is 9.59 Å². The predicted molar refractivity (Wildman–Crippen MR) is 113 cm³/mol. The first-order chi connectivity index (χ1) is 12.8. The van der Waals surface area contributed by atoms with Crippen LogP contribution in [0.1, 0.15) is 40.5 Å². The number of benzene rings is 2. The summed E-state index contributed by atoms with van der Waals surface area (Å²) in [7, 11) is 0. The maximum Gasteiger partial charge on any atom is 0.250 e. The Balaban J connectivity index is 2.08. The van der Waals surface area contributed by atoms with Crippen LogP contribution in [0.15, 0.2) is 60.7 Å². The molecule has 0 bridgehead atoms. The fourth-order valence-electron chi connectivity index (χ4n) is 2.58. The van der Waals surface area contributed by atoms with E-state index in [1.807, 2.05) is 69.3 Å². The topological polar surface area (TPSA) is 58.2 Å². The van der Waals surface area contributed by atoms with E-state index in [1.165, 1.54) is 0 Å². The van der Waals surface area contributed by atoms with E-state index in [4.69, 9.17) is 0 Å². The lowest BCUT2D eigenvalue weighted by Gasteiger charge is -2.25. The molecule has 0 spiro atoms. The van der Waals surface area contributed by atoms with Gasteiger partial charge < -0.3 is 10.6 Å². The summed E-state index contributed by atoms with van der Waals surface area (Å²) in [6, 6.07) is 15.4. The Labute approximate surface area is 161 Å². The van der Waals surface area contributed by atoms with Gasteiger partial charge in [0.1, 0.15) is 0 Å². The molecule has 4 nitrogen and oxygen atoms in total. The lowest BCUT2D eigenvalue weighted by molar-refractivity contribution is -0.125. The lowest BCUT2D eigenvalue weighted by atomic mass is 9.84. The SMILES string of the molecule is C=C(C)C(=O)Nc1ccc(-c2ccc(NC(=O)C(C)(CC)CC)cc2)cc1. The molecule has 4 heteroatoms. The van der Waals surface area contributed by atoms with Crippen LogP contribution >= 0.6 is 0 Å². The lowest BCUT2D eigenvalue weighted by Crippen LogP contribution is -2.32. The van der Waals surface area contributed by atoms with Crippen molar-refractivity contribution in [3.8, 4) is 11.1 Å². The number of hydrogen-bond acceptors (Lipinski definition) is 2. The summed E-state index contributed by atoms with van der Waals surface area (Å²) >= 11 is 0. The molecule has 0 saturated carbocycles. The fourth-order valence-corrected chi connectivity index (χ4v) is 2.58. The van der Waals surface area contributed by atoms with Crippen molar-refractivity contribution in [1.82, 2.24) is 0 Å². The van der Waals surface area contributed by atoms with Crippen LogP contribution in [0.4, 0.5) is 11.4 Å². The third kappa shape index (κ3) is 5.07. The molecule has 0 unspecified atom stereocenters. The highest BCUT2D eigenvalue weighted by molar-refractivity contribution is 6.02. The molecule has 0 atom stereocenters. The minimum absolute atomic E-state index is 0.0536. The van der Waals surface area contributed by atoms with Crippen molar-refractivity contribution < 1.29 is 9.59 Å². The molecular weight excluding hydrogens is 336 g/mol. The van der Waals surface area contributed by atoms with Crippen molar-refractivity contribution in [2.45, 2.75) is 40.5 Å². The maximum absolute atomic E-state index is 12.5. The normalized spacial score (nSPS) is 11.0. The van der Waals surface area contributed by atoms with Crippen LogP contribution in [0.3, 0.4) is 0 Å². The number of hydrogen-bond donors (Lipinski definition) is 2. The minimum Gasteiger partial charge on any atom is -0.326 e. The van der Waals surface area contributed by atoms with Gasteiger partial charge in [-0.25, -0.2) is 0 Å². The van der Waals surface area contributed by atoms with Gasteiger partial charge in [0.15, 0.2) is 0 Å². The van der Waals surface area contributed by atoms with E-state index in [2.05, 4.69) is 17.2 Å². The second kappa shape index (κ2) is 8.67. The fraction of sp³-hybridized carbons (Fsp3) is 0.304. The van der Waals surface area contributed by atoms with Gasteiger partial charge in [0.2, 0.25) is 5.91 Å². The molecule has 27 heavy (non-hydrogen) atoms. The van der Waals surface area contributed by atoms with Gasteiger partial charge in [0.25, 0.3) is 5.91 Å². The van der Waals surface area contributed by atoms with E-state index in [-0.39, 0.29) is 17.2 Å². The average Bonchev–Trinajstić information content (AvgIpc) is 2.68. The Bertz CT molecular complexity index is 816. The Morgan fingerprint density at radius 2 is 1.26 bits per heavy atom. The number of carbonyl (C=O) groups excluding carboxylic acids is 2. The Morgan fingerprint density at radius 3 is 1.63 bits per heavy atom. The van der Waals surface area contributed by atoms with Crippen LogP contribution in [0, 0.1) is 5.41 Å². The molecule has 0 saturated heterocycles. The molecular formula is C23H28N2O2. The summed E-state index contributed by atoms with van der Waals surface area (Å²) in [6.07, 6.45) is 1.61. The molecule has 2 amide bonds. The standard InChI is InChI=1S/C23H28N2O2/c1-6-23(5,7-2)22(27)25-20-14-10-18(11-15-20)17-8-12-19(13-9-17)24-21(26)16(3)4/h8-15H,3,6-7H2,1-2,4-5H3,(H,24,26)(H,25,27). The predicted octanol–water partition coefficient (Wildman–Crippen LogP) is 5.63. The number of anilines is 2. The Morgan fingerprint density at radius 1 is 0.852 bits per heavy atom. The van der Waals surface area contributed by atoms with Crippen LogP contribution in [0.2, 0.25) is 0 Å². The largest absolute Gasteiger partial charge is 0.326 e. The minimum atomic E-state index is -0.345. The number of nitrogens with one attached hydrogen (secondary N) is 2. The van der Waals surface area contributed by atoms with Gasteiger partial charge in [-0.05, 0) is 55.2 Å². The molecule has 0 radical (unpaired) electrons. The smallest absolute Gasteiger partial charge is 0.250 e. The van der Waals surface area contributed by atoms with Crippen LogP contribution in [-0.2, 0) is 9.59 Å². The van der Waals surface area contributed by atoms with Gasteiger partial charge in [-0.3, -0.25) is 9.59 Å². The van der Waals surface area contributed by atoms with E-state index in [0.29, 0.717) is 5.57 Å². The highest BCUT2D eigenvalue weighted by Crippen LogP contribution is 2.28. The van der Waals surface area contributed by atoms with E-state index >= 15 is 0 Å². The van der Waals surface area contributed by atoms with E-state index in [0.717, 1.165) is 35.3 Å². The Kier molecular flexibility index (Phi) is 6.56. The highest BCUT2D eigenvalue weighted by atomic mass is 16.2. The molecule has 2 N–H and O–H groups in total. The van der Waals surface area contributed by atoms with Crippen molar-refractivity contribution in [3.05, 3.63) is 60.7 Å². The zero-order chi connectivity index (χ0) is 20.0. The second-order valence-corrected chi connectivity index (χ2v) is 7.11. The number of carbonyl (C=O) groups is 2. The van der Waals surface area contributed by atoms with Gasteiger partial charge in [0, 0.05) is 22.4 Å². The van der Waals surface area contributed by atoms with Gasteiger partial charge in [-0.1, -0.05) is 51.6 Å². The highest BCUT2D eigenvalue weighted by Gasteiger charge is 2.28.